The lowest BCUT2D eigenvalue weighted by Gasteiger charge is -2.38. The van der Waals surface area contributed by atoms with Crippen LogP contribution in [0.1, 0.15) is 57.4 Å². The molecule has 1 aromatic rings. The fraction of sp³-hybridized carbons (Fsp3) is 0.654. The van der Waals surface area contributed by atoms with Crippen LogP contribution in [-0.2, 0) is 20.8 Å². The first-order valence-electron chi connectivity index (χ1n) is 12.5. The summed E-state index contributed by atoms with van der Waals surface area (Å²) in [7, 11) is 3.84. The molecule has 188 valence electrons. The summed E-state index contributed by atoms with van der Waals surface area (Å²) in [4.78, 5) is 44.5. The van der Waals surface area contributed by atoms with E-state index < -0.39 is 6.04 Å². The predicted octanol–water partition coefficient (Wildman–Crippen LogP) is 3.10. The second-order valence-corrected chi connectivity index (χ2v) is 10.4. The third-order valence-electron chi connectivity index (χ3n) is 6.97. The van der Waals surface area contributed by atoms with Crippen LogP contribution in [0.25, 0.3) is 0 Å². The number of rotatable bonds is 9. The first kappa shape index (κ1) is 26.5. The molecule has 2 aliphatic rings. The Labute approximate surface area is 208 Å². The topological polar surface area (TPSA) is 73.0 Å². The summed E-state index contributed by atoms with van der Waals surface area (Å²) in [6.45, 7) is 3.39. The van der Waals surface area contributed by atoms with E-state index in [1.54, 1.807) is 19.1 Å². The molecular formula is C26H39ClN4O3. The van der Waals surface area contributed by atoms with Crippen molar-refractivity contribution in [2.75, 3.05) is 33.7 Å². The van der Waals surface area contributed by atoms with Crippen LogP contribution in [0, 0.1) is 0 Å². The van der Waals surface area contributed by atoms with Crippen molar-refractivity contribution in [1.82, 2.24) is 20.0 Å². The summed E-state index contributed by atoms with van der Waals surface area (Å²) in [5.74, 6) is -0.118. The molecule has 1 aliphatic heterocycles. The third kappa shape index (κ3) is 7.44. The Morgan fingerprint density at radius 1 is 1.06 bits per heavy atom. The zero-order valence-corrected chi connectivity index (χ0v) is 21.5. The Balaban J connectivity index is 1.69. The Bertz CT molecular complexity index is 839. The average Bonchev–Trinajstić information content (AvgIpc) is 3.28. The van der Waals surface area contributed by atoms with Gasteiger partial charge in [-0.05, 0) is 51.1 Å². The van der Waals surface area contributed by atoms with Gasteiger partial charge in [-0.25, -0.2) is 0 Å². The van der Waals surface area contributed by atoms with E-state index in [1.165, 1.54) is 6.42 Å². The van der Waals surface area contributed by atoms with Crippen molar-refractivity contribution in [2.45, 2.75) is 76.4 Å². The van der Waals surface area contributed by atoms with Crippen molar-refractivity contribution in [2.24, 2.45) is 0 Å². The largest absolute Gasteiger partial charge is 0.344 e. The molecule has 7 nitrogen and oxygen atoms in total. The van der Waals surface area contributed by atoms with E-state index in [-0.39, 0.29) is 29.8 Å². The summed E-state index contributed by atoms with van der Waals surface area (Å²) in [6, 6.07) is 7.06. The number of nitrogens with zero attached hydrogens (tertiary/aromatic N) is 3. The summed E-state index contributed by atoms with van der Waals surface area (Å²) in [5.41, 5.74) is 0.943. The highest BCUT2D eigenvalue weighted by Crippen LogP contribution is 2.28. The number of amides is 3. The van der Waals surface area contributed by atoms with Crippen LogP contribution in [0.3, 0.4) is 0 Å². The SMILES string of the molecule is CC(=O)N(C1CCCCC1)C1CCN(C(=O)C(Cc2ccc(Cl)cc2)NC(=O)CCN(C)C)C1. The summed E-state index contributed by atoms with van der Waals surface area (Å²) < 4.78 is 0. The zero-order valence-electron chi connectivity index (χ0n) is 20.8. The van der Waals surface area contributed by atoms with Crippen molar-refractivity contribution in [3.8, 4) is 0 Å². The number of likely N-dealkylation sites (tertiary alicyclic amines) is 1. The molecule has 0 aromatic heterocycles. The van der Waals surface area contributed by atoms with Gasteiger partial charge in [-0.2, -0.15) is 0 Å². The van der Waals surface area contributed by atoms with E-state index >= 15 is 0 Å². The van der Waals surface area contributed by atoms with Gasteiger partial charge in [0.25, 0.3) is 0 Å². The number of carbonyl (C=O) groups is 3. The molecular weight excluding hydrogens is 452 g/mol. The highest BCUT2D eigenvalue weighted by molar-refractivity contribution is 6.30. The molecule has 34 heavy (non-hydrogen) atoms. The van der Waals surface area contributed by atoms with Crippen molar-refractivity contribution in [1.29, 1.82) is 0 Å². The van der Waals surface area contributed by atoms with Crippen LogP contribution < -0.4 is 5.32 Å². The van der Waals surface area contributed by atoms with Gasteiger partial charge in [-0.3, -0.25) is 14.4 Å². The number of hydrogen-bond donors (Lipinski definition) is 1. The zero-order chi connectivity index (χ0) is 24.7. The van der Waals surface area contributed by atoms with Crippen molar-refractivity contribution < 1.29 is 14.4 Å². The summed E-state index contributed by atoms with van der Waals surface area (Å²) in [6.07, 6.45) is 7.17. The highest BCUT2D eigenvalue weighted by Gasteiger charge is 2.37. The van der Waals surface area contributed by atoms with Crippen LogP contribution in [0.4, 0.5) is 0 Å². The normalized spacial score (nSPS) is 19.8. The van der Waals surface area contributed by atoms with E-state index in [4.69, 9.17) is 11.6 Å². The van der Waals surface area contributed by atoms with Crippen LogP contribution >= 0.6 is 11.6 Å². The van der Waals surface area contributed by atoms with Gasteiger partial charge in [-0.1, -0.05) is 43.0 Å². The van der Waals surface area contributed by atoms with Gasteiger partial charge in [0, 0.05) is 50.5 Å². The maximum absolute atomic E-state index is 13.6. The van der Waals surface area contributed by atoms with Crippen molar-refractivity contribution >= 4 is 29.3 Å². The van der Waals surface area contributed by atoms with Crippen molar-refractivity contribution in [3.63, 3.8) is 0 Å². The molecule has 3 rings (SSSR count). The van der Waals surface area contributed by atoms with Crippen LogP contribution in [0.5, 0.6) is 0 Å². The van der Waals surface area contributed by atoms with Crippen molar-refractivity contribution in [3.05, 3.63) is 34.9 Å². The molecule has 0 bridgehead atoms. The predicted molar refractivity (Wildman–Crippen MR) is 135 cm³/mol. The number of carbonyl (C=O) groups excluding carboxylic acids is 3. The lowest BCUT2D eigenvalue weighted by Crippen LogP contribution is -2.51. The minimum absolute atomic E-state index is 0.0465. The second-order valence-electron chi connectivity index (χ2n) is 9.95. The second kappa shape index (κ2) is 12.5. The quantitative estimate of drug-likeness (QED) is 0.577. The minimum atomic E-state index is -0.643. The molecule has 8 heteroatoms. The molecule has 3 amide bonds. The molecule has 2 unspecified atom stereocenters. The maximum Gasteiger partial charge on any atom is 0.245 e. The minimum Gasteiger partial charge on any atom is -0.344 e. The molecule has 0 spiro atoms. The standard InChI is InChI=1S/C26H39ClN4O3/c1-19(32)31(22-7-5-4-6-8-22)23-13-16-30(18-23)26(34)24(28-25(33)14-15-29(2)3)17-20-9-11-21(27)12-10-20/h9-12,22-24H,4-8,13-18H2,1-3H3,(H,28,33). The molecule has 1 saturated heterocycles. The molecule has 1 heterocycles. The molecule has 1 saturated carbocycles. The highest BCUT2D eigenvalue weighted by atomic mass is 35.5. The maximum atomic E-state index is 13.6. The third-order valence-corrected chi connectivity index (χ3v) is 7.22. The number of nitrogens with one attached hydrogen (secondary N) is 1. The van der Waals surface area contributed by atoms with E-state index in [1.807, 2.05) is 40.9 Å². The van der Waals surface area contributed by atoms with Gasteiger partial charge in [-0.15, -0.1) is 0 Å². The average molecular weight is 491 g/mol. The first-order chi connectivity index (χ1) is 16.2. The lowest BCUT2D eigenvalue weighted by molar-refractivity contribution is -0.137. The molecule has 0 radical (unpaired) electrons. The summed E-state index contributed by atoms with van der Waals surface area (Å²) in [5, 5.41) is 3.61. The fourth-order valence-electron chi connectivity index (χ4n) is 5.21. The molecule has 1 N–H and O–H groups in total. The van der Waals surface area contributed by atoms with Gasteiger partial charge in [0.05, 0.1) is 6.04 Å². The molecule has 1 aliphatic carbocycles. The first-order valence-corrected chi connectivity index (χ1v) is 12.9. The summed E-state index contributed by atoms with van der Waals surface area (Å²) >= 11 is 6.02. The Kier molecular flexibility index (Phi) is 9.77. The van der Waals surface area contributed by atoms with Crippen LogP contribution in [-0.4, -0.2) is 84.3 Å². The van der Waals surface area contributed by atoms with Gasteiger partial charge >= 0.3 is 0 Å². The van der Waals surface area contributed by atoms with Gasteiger partial charge < -0.3 is 20.0 Å². The Morgan fingerprint density at radius 3 is 2.35 bits per heavy atom. The van der Waals surface area contributed by atoms with E-state index in [2.05, 4.69) is 5.32 Å². The van der Waals surface area contributed by atoms with Gasteiger partial charge in [0.15, 0.2) is 0 Å². The number of hydrogen-bond acceptors (Lipinski definition) is 4. The lowest BCUT2D eigenvalue weighted by atomic mass is 9.93. The van der Waals surface area contributed by atoms with E-state index in [0.717, 1.165) is 37.7 Å². The molecule has 1 aromatic carbocycles. The Hall–Kier alpha value is -2.12. The molecule has 2 fully saturated rings. The smallest absolute Gasteiger partial charge is 0.245 e. The fourth-order valence-corrected chi connectivity index (χ4v) is 5.33. The number of benzene rings is 1. The van der Waals surface area contributed by atoms with Crippen LogP contribution in [0.2, 0.25) is 5.02 Å². The van der Waals surface area contributed by atoms with Crippen LogP contribution in [0.15, 0.2) is 24.3 Å². The van der Waals surface area contributed by atoms with E-state index in [0.29, 0.717) is 37.5 Å². The number of halogens is 1. The molecule has 2 atom stereocenters. The van der Waals surface area contributed by atoms with Gasteiger partial charge in [0.2, 0.25) is 17.7 Å². The van der Waals surface area contributed by atoms with Gasteiger partial charge in [0.1, 0.15) is 6.04 Å². The van der Waals surface area contributed by atoms with E-state index in [9.17, 15) is 14.4 Å². The Morgan fingerprint density at radius 2 is 1.74 bits per heavy atom. The monoisotopic (exact) mass is 490 g/mol.